The molecule has 1 N–H and O–H groups in total. The molecule has 0 bridgehead atoms. The van der Waals surface area contributed by atoms with Crippen molar-refractivity contribution in [3.63, 3.8) is 0 Å². The van der Waals surface area contributed by atoms with Crippen molar-refractivity contribution in [3.8, 4) is 0 Å². The molecule has 0 radical (unpaired) electrons. The third-order valence-corrected chi connectivity index (χ3v) is 4.92. The van der Waals surface area contributed by atoms with E-state index >= 15 is 0 Å². The summed E-state index contributed by atoms with van der Waals surface area (Å²) in [5.41, 5.74) is 0.207. The fourth-order valence-electron chi connectivity index (χ4n) is 3.39. The molecule has 4 rings (SSSR count). The summed E-state index contributed by atoms with van der Waals surface area (Å²) >= 11 is 0. The molecule has 0 aliphatic carbocycles. The van der Waals surface area contributed by atoms with Gasteiger partial charge < -0.3 is 10.2 Å². The maximum absolute atomic E-state index is 13.1. The topological polar surface area (TPSA) is 85.1 Å². The lowest BCUT2D eigenvalue weighted by atomic mass is 10.1. The third-order valence-electron chi connectivity index (χ3n) is 4.92. The molecule has 2 amide bonds. The van der Waals surface area contributed by atoms with Gasteiger partial charge in [0.05, 0.1) is 23.5 Å². The predicted molar refractivity (Wildman–Crippen MR) is 101 cm³/mol. The Morgan fingerprint density at radius 3 is 2.47 bits per heavy atom. The van der Waals surface area contributed by atoms with Crippen molar-refractivity contribution < 1.29 is 22.8 Å². The minimum absolute atomic E-state index is 0.157. The lowest BCUT2D eigenvalue weighted by Gasteiger charge is -2.32. The van der Waals surface area contributed by atoms with Crippen LogP contribution in [0.2, 0.25) is 0 Å². The van der Waals surface area contributed by atoms with Gasteiger partial charge in [-0.15, -0.1) is 0 Å². The molecule has 1 aromatic carbocycles. The zero-order chi connectivity index (χ0) is 21.6. The number of nitrogens with one attached hydrogen (secondary N) is 1. The van der Waals surface area contributed by atoms with E-state index in [0.29, 0.717) is 11.4 Å². The van der Waals surface area contributed by atoms with Gasteiger partial charge in [0.2, 0.25) is 0 Å². The lowest BCUT2D eigenvalue weighted by Crippen LogP contribution is -2.43. The number of rotatable bonds is 3. The number of hydrogen-bond donors (Lipinski definition) is 1. The Morgan fingerprint density at radius 1 is 1.17 bits per heavy atom. The predicted octanol–water partition coefficient (Wildman–Crippen LogP) is 3.11. The van der Waals surface area contributed by atoms with Gasteiger partial charge in [-0.1, -0.05) is 0 Å². The fraction of sp³-hybridized carbons (Fsp3) is 0.263. The SMILES string of the molecule is C[C@H]1CN(c2ccc(C(F)(F)F)cc2)C(=O)c2c(NC(=O)c3ccnn3C)cnn21. The second-order valence-electron chi connectivity index (χ2n) is 6.96. The number of carbonyl (C=O) groups excluding carboxylic acids is 2. The molecule has 8 nitrogen and oxygen atoms in total. The molecule has 2 aromatic heterocycles. The molecule has 156 valence electrons. The third kappa shape index (κ3) is 3.31. The van der Waals surface area contributed by atoms with E-state index in [2.05, 4.69) is 15.5 Å². The van der Waals surface area contributed by atoms with Crippen LogP contribution in [0.1, 0.15) is 39.5 Å². The van der Waals surface area contributed by atoms with Gasteiger partial charge >= 0.3 is 6.18 Å². The summed E-state index contributed by atoms with van der Waals surface area (Å²) in [5.74, 6) is -0.927. The van der Waals surface area contributed by atoms with E-state index in [1.807, 2.05) is 6.92 Å². The molecule has 1 aliphatic rings. The highest BCUT2D eigenvalue weighted by Crippen LogP contribution is 2.33. The number of amides is 2. The van der Waals surface area contributed by atoms with Crippen LogP contribution in [0.15, 0.2) is 42.7 Å². The summed E-state index contributed by atoms with van der Waals surface area (Å²) in [6, 6.07) is 5.67. The summed E-state index contributed by atoms with van der Waals surface area (Å²) in [7, 11) is 1.61. The first-order valence-electron chi connectivity index (χ1n) is 9.03. The minimum atomic E-state index is -4.46. The number of anilines is 2. The Hall–Kier alpha value is -3.63. The molecule has 0 unspecified atom stereocenters. The summed E-state index contributed by atoms with van der Waals surface area (Å²) in [6.45, 7) is 2.06. The van der Waals surface area contributed by atoms with Gasteiger partial charge in [0.1, 0.15) is 5.69 Å². The number of halogens is 3. The highest BCUT2D eigenvalue weighted by molar-refractivity contribution is 6.12. The first-order chi connectivity index (χ1) is 14.2. The quantitative estimate of drug-likeness (QED) is 0.708. The first kappa shape index (κ1) is 19.7. The number of aryl methyl sites for hydroxylation is 1. The number of fused-ring (bicyclic) bond motifs is 1. The summed E-state index contributed by atoms with van der Waals surface area (Å²) < 4.78 is 41.4. The molecule has 30 heavy (non-hydrogen) atoms. The van der Waals surface area contributed by atoms with Crippen LogP contribution < -0.4 is 10.2 Å². The molecular weight excluding hydrogens is 401 g/mol. The van der Waals surface area contributed by atoms with Crippen molar-refractivity contribution in [3.05, 3.63) is 59.7 Å². The molecule has 0 fully saturated rings. The second-order valence-corrected chi connectivity index (χ2v) is 6.96. The van der Waals surface area contributed by atoms with Crippen LogP contribution in [0.25, 0.3) is 0 Å². The number of hydrogen-bond acceptors (Lipinski definition) is 4. The van der Waals surface area contributed by atoms with E-state index in [4.69, 9.17) is 0 Å². The number of alkyl halides is 3. The normalized spacial score (nSPS) is 16.5. The van der Waals surface area contributed by atoms with E-state index < -0.39 is 23.6 Å². The van der Waals surface area contributed by atoms with Crippen molar-refractivity contribution in [2.24, 2.45) is 7.05 Å². The molecule has 1 aliphatic heterocycles. The maximum atomic E-state index is 13.1. The molecule has 11 heteroatoms. The second kappa shape index (κ2) is 7.01. The van der Waals surface area contributed by atoms with Gasteiger partial charge in [-0.05, 0) is 37.3 Å². The van der Waals surface area contributed by atoms with Crippen molar-refractivity contribution in [2.75, 3.05) is 16.8 Å². The average molecular weight is 418 g/mol. The zero-order valence-corrected chi connectivity index (χ0v) is 16.0. The van der Waals surface area contributed by atoms with Crippen LogP contribution in [-0.4, -0.2) is 37.9 Å². The number of benzene rings is 1. The van der Waals surface area contributed by atoms with E-state index in [0.717, 1.165) is 12.1 Å². The van der Waals surface area contributed by atoms with Crippen LogP contribution in [-0.2, 0) is 13.2 Å². The number of nitrogens with zero attached hydrogens (tertiary/aromatic N) is 5. The van der Waals surface area contributed by atoms with Gasteiger partial charge in [0, 0.05) is 25.5 Å². The lowest BCUT2D eigenvalue weighted by molar-refractivity contribution is -0.137. The van der Waals surface area contributed by atoms with Gasteiger partial charge in [-0.2, -0.15) is 23.4 Å². The van der Waals surface area contributed by atoms with Gasteiger partial charge in [-0.25, -0.2) is 0 Å². The molecule has 0 saturated heterocycles. The van der Waals surface area contributed by atoms with Crippen LogP contribution in [0.5, 0.6) is 0 Å². The van der Waals surface area contributed by atoms with Gasteiger partial charge in [0.25, 0.3) is 11.8 Å². The van der Waals surface area contributed by atoms with E-state index in [9.17, 15) is 22.8 Å². The molecular formula is C19H17F3N6O2. The number of aromatic nitrogens is 4. The van der Waals surface area contributed by atoms with Gasteiger partial charge in [-0.3, -0.25) is 19.0 Å². The monoisotopic (exact) mass is 418 g/mol. The summed E-state index contributed by atoms with van der Waals surface area (Å²) in [6.07, 6.45) is -1.60. The van der Waals surface area contributed by atoms with Crippen LogP contribution in [0.4, 0.5) is 24.5 Å². The Kier molecular flexibility index (Phi) is 4.60. The molecule has 3 heterocycles. The first-order valence-corrected chi connectivity index (χ1v) is 9.03. The van der Waals surface area contributed by atoms with E-state index in [1.165, 1.54) is 44.9 Å². The van der Waals surface area contributed by atoms with Crippen molar-refractivity contribution >= 4 is 23.2 Å². The Bertz CT molecular complexity index is 1120. The largest absolute Gasteiger partial charge is 0.416 e. The smallest absolute Gasteiger partial charge is 0.317 e. The van der Waals surface area contributed by atoms with E-state index in [1.54, 1.807) is 7.05 Å². The highest BCUT2D eigenvalue weighted by Gasteiger charge is 2.35. The minimum Gasteiger partial charge on any atom is -0.317 e. The van der Waals surface area contributed by atoms with Gasteiger partial charge in [0.15, 0.2) is 5.69 Å². The van der Waals surface area contributed by atoms with Crippen LogP contribution >= 0.6 is 0 Å². The molecule has 0 saturated carbocycles. The molecule has 1 atom stereocenters. The van der Waals surface area contributed by atoms with E-state index in [-0.39, 0.29) is 24.0 Å². The van der Waals surface area contributed by atoms with Crippen molar-refractivity contribution in [2.45, 2.75) is 19.1 Å². The standard InChI is InChI=1S/C19H17F3N6O2/c1-11-10-27(13-5-3-12(4-6-13)19(20,21)22)18(30)16-14(9-24-28(11)16)25-17(29)15-7-8-23-26(15)2/h3-9,11H,10H2,1-2H3,(H,25,29)/t11-/m0/s1. The zero-order valence-electron chi connectivity index (χ0n) is 16.0. The Labute approximate surface area is 168 Å². The summed E-state index contributed by atoms with van der Waals surface area (Å²) in [5, 5.41) is 10.8. The van der Waals surface area contributed by atoms with Crippen LogP contribution in [0.3, 0.4) is 0 Å². The number of carbonyl (C=O) groups is 2. The molecule has 3 aromatic rings. The fourth-order valence-corrected chi connectivity index (χ4v) is 3.39. The Balaban J connectivity index is 1.64. The van der Waals surface area contributed by atoms with Crippen molar-refractivity contribution in [1.82, 2.24) is 19.6 Å². The van der Waals surface area contributed by atoms with Crippen LogP contribution in [0, 0.1) is 0 Å². The molecule has 0 spiro atoms. The average Bonchev–Trinajstić information content (AvgIpc) is 3.31. The highest BCUT2D eigenvalue weighted by atomic mass is 19.4. The maximum Gasteiger partial charge on any atom is 0.416 e. The van der Waals surface area contributed by atoms with Crippen molar-refractivity contribution in [1.29, 1.82) is 0 Å². The Morgan fingerprint density at radius 2 is 1.87 bits per heavy atom. The summed E-state index contributed by atoms with van der Waals surface area (Å²) in [4.78, 5) is 27.0.